The molecule has 0 bridgehead atoms. The summed E-state index contributed by atoms with van der Waals surface area (Å²) in [5, 5.41) is 4.01. The predicted molar refractivity (Wildman–Crippen MR) is 99.3 cm³/mol. The first-order chi connectivity index (χ1) is 13.8. The predicted octanol–water partition coefficient (Wildman–Crippen LogP) is 3.88. The minimum Gasteiger partial charge on any atom is -0.467 e. The fourth-order valence-electron chi connectivity index (χ4n) is 3.30. The molecule has 6 nitrogen and oxygen atoms in total. The molecule has 1 fully saturated rings. The van der Waals surface area contributed by atoms with E-state index in [2.05, 4.69) is 31.1 Å². The van der Waals surface area contributed by atoms with Gasteiger partial charge in [0.2, 0.25) is 11.8 Å². The van der Waals surface area contributed by atoms with Crippen molar-refractivity contribution in [2.24, 2.45) is 5.92 Å². The molecule has 1 saturated carbocycles. The molecule has 1 aromatic carbocycles. The number of ether oxygens (including phenoxy) is 1. The van der Waals surface area contributed by atoms with Gasteiger partial charge in [-0.3, -0.25) is 9.78 Å². The Balaban J connectivity index is 1.33. The first kappa shape index (κ1) is 19.2. The summed E-state index contributed by atoms with van der Waals surface area (Å²) in [5.41, 5.74) is 2.54. The number of hydrogen-bond donors (Lipinski definition) is 2. The van der Waals surface area contributed by atoms with Crippen molar-refractivity contribution in [3.8, 4) is 5.88 Å². The first-order valence-corrected chi connectivity index (χ1v) is 9.19. The fourth-order valence-corrected chi connectivity index (χ4v) is 3.30. The van der Waals surface area contributed by atoms with E-state index in [4.69, 9.17) is 0 Å². The van der Waals surface area contributed by atoms with E-state index in [1.54, 1.807) is 6.92 Å². The molecule has 29 heavy (non-hydrogen) atoms. The molecule has 0 saturated heterocycles. The van der Waals surface area contributed by atoms with Crippen LogP contribution in [0.5, 0.6) is 5.88 Å². The second-order valence-electron chi connectivity index (χ2n) is 7.17. The van der Waals surface area contributed by atoms with Crippen molar-refractivity contribution in [2.45, 2.75) is 31.5 Å². The average Bonchev–Trinajstić information content (AvgIpc) is 3.38. The van der Waals surface area contributed by atoms with Crippen LogP contribution in [0.4, 0.5) is 13.2 Å². The highest BCUT2D eigenvalue weighted by atomic mass is 19.4. The summed E-state index contributed by atoms with van der Waals surface area (Å²) in [7, 11) is 0. The topological polar surface area (TPSA) is 79.9 Å². The van der Waals surface area contributed by atoms with Crippen LogP contribution in [0.15, 0.2) is 42.7 Å². The van der Waals surface area contributed by atoms with Gasteiger partial charge in [-0.2, -0.15) is 13.2 Å². The van der Waals surface area contributed by atoms with Crippen LogP contribution in [-0.4, -0.2) is 33.6 Å². The van der Waals surface area contributed by atoms with Gasteiger partial charge in [-0.05, 0) is 30.9 Å². The van der Waals surface area contributed by atoms with Crippen LogP contribution in [0.1, 0.15) is 36.7 Å². The zero-order valence-electron chi connectivity index (χ0n) is 15.5. The van der Waals surface area contributed by atoms with E-state index in [0.717, 1.165) is 29.2 Å². The molecule has 2 heterocycles. The Kier molecular flexibility index (Phi) is 4.89. The van der Waals surface area contributed by atoms with Gasteiger partial charge in [-0.15, -0.1) is 0 Å². The monoisotopic (exact) mass is 404 g/mol. The second-order valence-corrected chi connectivity index (χ2v) is 7.17. The lowest BCUT2D eigenvalue weighted by Crippen LogP contribution is -2.29. The van der Waals surface area contributed by atoms with Gasteiger partial charge in [0.05, 0.1) is 24.1 Å². The number of carbonyl (C=O) groups is 1. The van der Waals surface area contributed by atoms with E-state index in [1.807, 2.05) is 24.3 Å². The maximum Gasteiger partial charge on any atom is 0.422 e. The summed E-state index contributed by atoms with van der Waals surface area (Å²) in [5.74, 6) is -0.266. The Morgan fingerprint density at radius 1 is 1.31 bits per heavy atom. The van der Waals surface area contributed by atoms with Crippen molar-refractivity contribution in [3.05, 3.63) is 54.1 Å². The molecule has 2 unspecified atom stereocenters. The number of rotatable bonds is 6. The molecular weight excluding hydrogens is 385 g/mol. The van der Waals surface area contributed by atoms with Gasteiger partial charge in [0.25, 0.3) is 0 Å². The third-order valence-electron chi connectivity index (χ3n) is 4.91. The maximum absolute atomic E-state index is 12.5. The van der Waals surface area contributed by atoms with Crippen molar-refractivity contribution < 1.29 is 22.7 Å². The van der Waals surface area contributed by atoms with Gasteiger partial charge < -0.3 is 15.0 Å². The lowest BCUT2D eigenvalue weighted by molar-refractivity contribution is -0.154. The number of H-pyrrole nitrogens is 1. The third kappa shape index (κ3) is 4.49. The number of amides is 1. The first-order valence-electron chi connectivity index (χ1n) is 9.19. The van der Waals surface area contributed by atoms with Crippen LogP contribution in [-0.2, 0) is 4.79 Å². The SMILES string of the molecule is C[C@@H](NC(=O)C1CC1c1cc2ccccc2[nH]1)c1cnc(OCC(F)(F)F)cn1. The highest BCUT2D eigenvalue weighted by Gasteiger charge is 2.45. The quantitative estimate of drug-likeness (QED) is 0.654. The van der Waals surface area contributed by atoms with Gasteiger partial charge in [0, 0.05) is 23.0 Å². The molecule has 152 valence electrons. The highest BCUT2D eigenvalue weighted by Crippen LogP contribution is 2.48. The van der Waals surface area contributed by atoms with Crippen LogP contribution >= 0.6 is 0 Å². The number of benzene rings is 1. The van der Waals surface area contributed by atoms with Crippen molar-refractivity contribution in [2.75, 3.05) is 6.61 Å². The number of nitrogens with one attached hydrogen (secondary N) is 2. The van der Waals surface area contributed by atoms with Crippen LogP contribution in [0.25, 0.3) is 10.9 Å². The Hall–Kier alpha value is -3.10. The van der Waals surface area contributed by atoms with E-state index in [0.29, 0.717) is 5.69 Å². The Labute approximate surface area is 164 Å². The van der Waals surface area contributed by atoms with Gasteiger partial charge in [-0.1, -0.05) is 18.2 Å². The third-order valence-corrected chi connectivity index (χ3v) is 4.91. The summed E-state index contributed by atoms with van der Waals surface area (Å²) < 4.78 is 41.0. The molecular formula is C20H19F3N4O2. The van der Waals surface area contributed by atoms with Gasteiger partial charge in [-0.25, -0.2) is 4.98 Å². The Morgan fingerprint density at radius 3 is 2.79 bits per heavy atom. The number of para-hydroxylation sites is 1. The van der Waals surface area contributed by atoms with Crippen molar-refractivity contribution >= 4 is 16.8 Å². The average molecular weight is 404 g/mol. The number of hydrogen-bond acceptors (Lipinski definition) is 4. The number of fused-ring (bicyclic) bond motifs is 1. The lowest BCUT2D eigenvalue weighted by atomic mass is 10.2. The minimum absolute atomic E-state index is 0.0830. The summed E-state index contributed by atoms with van der Waals surface area (Å²) in [4.78, 5) is 23.8. The van der Waals surface area contributed by atoms with E-state index in [9.17, 15) is 18.0 Å². The van der Waals surface area contributed by atoms with Crippen LogP contribution in [0.2, 0.25) is 0 Å². The van der Waals surface area contributed by atoms with Crippen LogP contribution < -0.4 is 10.1 Å². The number of nitrogens with zero attached hydrogens (tertiary/aromatic N) is 2. The zero-order chi connectivity index (χ0) is 20.6. The minimum atomic E-state index is -4.44. The number of carbonyl (C=O) groups excluding carboxylic acids is 1. The van der Waals surface area contributed by atoms with Crippen LogP contribution in [0, 0.1) is 5.92 Å². The molecule has 0 aliphatic heterocycles. The smallest absolute Gasteiger partial charge is 0.422 e. The van der Waals surface area contributed by atoms with Gasteiger partial charge >= 0.3 is 6.18 Å². The van der Waals surface area contributed by atoms with E-state index in [-0.39, 0.29) is 23.6 Å². The summed E-state index contributed by atoms with van der Waals surface area (Å²) >= 11 is 0. The number of aromatic amines is 1. The molecule has 0 radical (unpaired) electrons. The molecule has 4 rings (SSSR count). The maximum atomic E-state index is 12.5. The highest BCUT2D eigenvalue weighted by molar-refractivity contribution is 5.85. The second kappa shape index (κ2) is 7.38. The van der Waals surface area contributed by atoms with Gasteiger partial charge in [0.1, 0.15) is 0 Å². The van der Waals surface area contributed by atoms with Crippen molar-refractivity contribution in [1.29, 1.82) is 0 Å². The number of halogens is 3. The molecule has 1 amide bonds. The van der Waals surface area contributed by atoms with Crippen molar-refractivity contribution in [1.82, 2.24) is 20.3 Å². The summed E-state index contributed by atoms with van der Waals surface area (Å²) in [6, 6.07) is 9.60. The molecule has 3 aromatic rings. The Morgan fingerprint density at radius 2 is 2.10 bits per heavy atom. The molecule has 3 atom stereocenters. The standard InChI is InChI=1S/C20H19F3N4O2/c1-11(17-8-25-18(9-24-17)29-10-20(21,22)23)26-19(28)14-7-13(14)16-6-12-4-2-3-5-15(12)27-16/h2-6,8-9,11,13-14,27H,7,10H2,1H3,(H,26,28)/t11-,13?,14?/m1/s1. The normalized spacial score (nSPS) is 19.7. The fraction of sp³-hybridized carbons (Fsp3) is 0.350. The molecule has 0 spiro atoms. The van der Waals surface area contributed by atoms with Gasteiger partial charge in [0.15, 0.2) is 6.61 Å². The van der Waals surface area contributed by atoms with Crippen molar-refractivity contribution in [3.63, 3.8) is 0 Å². The Bertz CT molecular complexity index is 983. The number of alkyl halides is 3. The summed E-state index contributed by atoms with van der Waals surface area (Å²) in [6.45, 7) is 0.322. The zero-order valence-corrected chi connectivity index (χ0v) is 15.5. The molecule has 1 aliphatic carbocycles. The molecule has 9 heteroatoms. The molecule has 2 aromatic heterocycles. The van der Waals surface area contributed by atoms with E-state index in [1.165, 1.54) is 6.20 Å². The van der Waals surface area contributed by atoms with E-state index < -0.39 is 18.8 Å². The number of aromatic nitrogens is 3. The lowest BCUT2D eigenvalue weighted by Gasteiger charge is -2.14. The van der Waals surface area contributed by atoms with Crippen LogP contribution in [0.3, 0.4) is 0 Å². The van der Waals surface area contributed by atoms with E-state index >= 15 is 0 Å². The molecule has 2 N–H and O–H groups in total. The molecule has 1 aliphatic rings. The summed E-state index contributed by atoms with van der Waals surface area (Å²) in [6.07, 6.45) is -1.25. The largest absolute Gasteiger partial charge is 0.467 e.